The van der Waals surface area contributed by atoms with Crippen molar-refractivity contribution in [2.24, 2.45) is 5.73 Å². The predicted molar refractivity (Wildman–Crippen MR) is 61.6 cm³/mol. The molecular weight excluding hydrogens is 186 g/mol. The van der Waals surface area contributed by atoms with Crippen LogP contribution in [0.1, 0.15) is 57.7 Å². The molecule has 0 spiro atoms. The van der Waals surface area contributed by atoms with Crippen LogP contribution in [0.5, 0.6) is 0 Å². The van der Waals surface area contributed by atoms with Gasteiger partial charge < -0.3 is 10.3 Å². The fourth-order valence-corrected chi connectivity index (χ4v) is 2.65. The van der Waals surface area contributed by atoms with Gasteiger partial charge in [0, 0.05) is 17.8 Å². The summed E-state index contributed by atoms with van der Waals surface area (Å²) in [4.78, 5) is 4.25. The number of hydrogen-bond donors (Lipinski definition) is 1. The molecule has 3 nitrogen and oxygen atoms in total. The molecule has 1 atom stereocenters. The molecule has 1 fully saturated rings. The second-order valence-electron chi connectivity index (χ2n) is 5.03. The maximum Gasteiger partial charge on any atom is 0.0953 e. The Bertz CT molecular complexity index is 321. The molecule has 15 heavy (non-hydrogen) atoms. The number of rotatable bonds is 2. The van der Waals surface area contributed by atoms with Crippen LogP contribution in [0.4, 0.5) is 0 Å². The lowest BCUT2D eigenvalue weighted by atomic mass is 9.83. The number of nitrogens with two attached hydrogens (primary N) is 1. The molecule has 0 aliphatic heterocycles. The summed E-state index contributed by atoms with van der Waals surface area (Å²) >= 11 is 0. The first kappa shape index (κ1) is 10.7. The molecule has 1 aliphatic rings. The summed E-state index contributed by atoms with van der Waals surface area (Å²) < 4.78 is 2.30. The normalized spacial score (nSPS) is 22.6. The molecule has 0 radical (unpaired) electrons. The number of hydrogen-bond acceptors (Lipinski definition) is 2. The molecule has 1 saturated carbocycles. The highest BCUT2D eigenvalue weighted by atomic mass is 15.1. The van der Waals surface area contributed by atoms with Crippen LogP contribution in [0.2, 0.25) is 0 Å². The Labute approximate surface area is 91.7 Å². The average molecular weight is 207 g/mol. The van der Waals surface area contributed by atoms with E-state index < -0.39 is 0 Å². The highest BCUT2D eigenvalue weighted by Gasteiger charge is 2.30. The Kier molecular flexibility index (Phi) is 2.83. The molecule has 1 heterocycles. The van der Waals surface area contributed by atoms with Gasteiger partial charge in [-0.25, -0.2) is 4.98 Å². The third-order valence-electron chi connectivity index (χ3n) is 3.65. The first-order valence-corrected chi connectivity index (χ1v) is 5.92. The molecule has 1 aromatic rings. The van der Waals surface area contributed by atoms with Crippen LogP contribution in [-0.4, -0.2) is 9.55 Å². The Morgan fingerprint density at radius 2 is 2.07 bits per heavy atom. The third-order valence-corrected chi connectivity index (χ3v) is 3.65. The molecule has 0 amide bonds. The van der Waals surface area contributed by atoms with E-state index >= 15 is 0 Å². The van der Waals surface area contributed by atoms with Crippen LogP contribution in [-0.2, 0) is 5.54 Å². The number of aromatic nitrogens is 2. The van der Waals surface area contributed by atoms with Crippen molar-refractivity contribution in [3.8, 4) is 0 Å². The summed E-state index contributed by atoms with van der Waals surface area (Å²) in [7, 11) is 0. The van der Waals surface area contributed by atoms with Crippen molar-refractivity contribution < 1.29 is 0 Å². The van der Waals surface area contributed by atoms with E-state index in [4.69, 9.17) is 5.73 Å². The van der Waals surface area contributed by atoms with Crippen LogP contribution in [0.25, 0.3) is 0 Å². The Balaban J connectivity index is 2.30. The van der Waals surface area contributed by atoms with Crippen LogP contribution >= 0.6 is 0 Å². The molecule has 84 valence electrons. The maximum absolute atomic E-state index is 5.96. The molecule has 1 aromatic heterocycles. The molecule has 0 aromatic carbocycles. The van der Waals surface area contributed by atoms with Crippen molar-refractivity contribution in [2.75, 3.05) is 0 Å². The van der Waals surface area contributed by atoms with Crippen LogP contribution in [0, 0.1) is 0 Å². The van der Waals surface area contributed by atoms with Gasteiger partial charge in [0.05, 0.1) is 12.0 Å². The molecular formula is C12H21N3. The van der Waals surface area contributed by atoms with Gasteiger partial charge in [-0.05, 0) is 26.7 Å². The van der Waals surface area contributed by atoms with Crippen molar-refractivity contribution in [3.63, 3.8) is 0 Å². The van der Waals surface area contributed by atoms with E-state index in [1.54, 1.807) is 0 Å². The first-order chi connectivity index (χ1) is 7.13. The van der Waals surface area contributed by atoms with Crippen molar-refractivity contribution in [2.45, 2.75) is 57.5 Å². The van der Waals surface area contributed by atoms with E-state index in [-0.39, 0.29) is 11.6 Å². The summed E-state index contributed by atoms with van der Waals surface area (Å²) in [6.07, 6.45) is 10.4. The van der Waals surface area contributed by atoms with Crippen molar-refractivity contribution in [1.82, 2.24) is 9.55 Å². The van der Waals surface area contributed by atoms with Gasteiger partial charge in [0.2, 0.25) is 0 Å². The minimum Gasteiger partial charge on any atom is -0.327 e. The smallest absolute Gasteiger partial charge is 0.0953 e. The number of imidazole rings is 1. The zero-order valence-electron chi connectivity index (χ0n) is 9.74. The quantitative estimate of drug-likeness (QED) is 0.810. The number of nitrogens with zero attached hydrogens (tertiary/aromatic N) is 2. The van der Waals surface area contributed by atoms with E-state index in [1.165, 1.54) is 37.8 Å². The van der Waals surface area contributed by atoms with Crippen molar-refractivity contribution in [3.05, 3.63) is 18.2 Å². The van der Waals surface area contributed by atoms with Gasteiger partial charge in [-0.3, -0.25) is 0 Å². The molecule has 2 rings (SSSR count). The second kappa shape index (κ2) is 3.97. The van der Waals surface area contributed by atoms with Gasteiger partial charge in [0.1, 0.15) is 0 Å². The van der Waals surface area contributed by atoms with Crippen molar-refractivity contribution >= 4 is 0 Å². The molecule has 0 unspecified atom stereocenters. The standard InChI is InChI=1S/C12H21N3/c1-10(13)11-8-14-9-15(11)12(2)6-4-3-5-7-12/h8-10H,3-7,13H2,1-2H3/t10-/m1/s1. The third kappa shape index (κ3) is 1.93. The summed E-state index contributed by atoms with van der Waals surface area (Å²) in [6, 6.07) is 0.0752. The molecule has 3 heteroatoms. The molecule has 2 N–H and O–H groups in total. The molecule has 0 bridgehead atoms. The summed E-state index contributed by atoms with van der Waals surface area (Å²) in [6.45, 7) is 4.36. The predicted octanol–water partition coefficient (Wildman–Crippen LogP) is 2.58. The minimum atomic E-state index is 0.0752. The average Bonchev–Trinajstić information content (AvgIpc) is 2.67. The van der Waals surface area contributed by atoms with Crippen molar-refractivity contribution in [1.29, 1.82) is 0 Å². The summed E-state index contributed by atoms with van der Waals surface area (Å²) in [5.74, 6) is 0. The van der Waals surface area contributed by atoms with Gasteiger partial charge in [0.25, 0.3) is 0 Å². The van der Waals surface area contributed by atoms with E-state index in [0.29, 0.717) is 0 Å². The van der Waals surface area contributed by atoms with Gasteiger partial charge in [-0.1, -0.05) is 19.3 Å². The van der Waals surface area contributed by atoms with Gasteiger partial charge >= 0.3 is 0 Å². The Morgan fingerprint density at radius 1 is 1.40 bits per heavy atom. The topological polar surface area (TPSA) is 43.8 Å². The lowest BCUT2D eigenvalue weighted by Crippen LogP contribution is -2.34. The molecule has 1 aliphatic carbocycles. The lowest BCUT2D eigenvalue weighted by molar-refractivity contribution is 0.211. The van der Waals surface area contributed by atoms with E-state index in [9.17, 15) is 0 Å². The minimum absolute atomic E-state index is 0.0752. The largest absolute Gasteiger partial charge is 0.327 e. The van der Waals surface area contributed by atoms with Crippen LogP contribution in [0.15, 0.2) is 12.5 Å². The van der Waals surface area contributed by atoms with E-state index in [1.807, 2.05) is 19.4 Å². The lowest BCUT2D eigenvalue weighted by Gasteiger charge is -2.36. The first-order valence-electron chi connectivity index (χ1n) is 5.92. The highest BCUT2D eigenvalue weighted by Crippen LogP contribution is 2.35. The fraction of sp³-hybridized carbons (Fsp3) is 0.750. The summed E-state index contributed by atoms with van der Waals surface area (Å²) in [5.41, 5.74) is 7.38. The zero-order valence-corrected chi connectivity index (χ0v) is 9.74. The fourth-order valence-electron chi connectivity index (χ4n) is 2.65. The molecule has 0 saturated heterocycles. The maximum atomic E-state index is 5.96. The Hall–Kier alpha value is -0.830. The highest BCUT2D eigenvalue weighted by molar-refractivity contribution is 5.08. The zero-order chi connectivity index (χ0) is 10.9. The van der Waals surface area contributed by atoms with E-state index in [0.717, 1.165) is 0 Å². The Morgan fingerprint density at radius 3 is 2.67 bits per heavy atom. The van der Waals surface area contributed by atoms with Crippen LogP contribution < -0.4 is 5.73 Å². The second-order valence-corrected chi connectivity index (χ2v) is 5.03. The van der Waals surface area contributed by atoms with Gasteiger partial charge in [-0.2, -0.15) is 0 Å². The van der Waals surface area contributed by atoms with Crippen LogP contribution in [0.3, 0.4) is 0 Å². The monoisotopic (exact) mass is 207 g/mol. The summed E-state index contributed by atoms with van der Waals surface area (Å²) in [5, 5.41) is 0. The van der Waals surface area contributed by atoms with Gasteiger partial charge in [0.15, 0.2) is 0 Å². The van der Waals surface area contributed by atoms with Gasteiger partial charge in [-0.15, -0.1) is 0 Å². The SMILES string of the molecule is C[C@@H](N)c1cncn1C1(C)CCCCC1. The van der Waals surface area contributed by atoms with E-state index in [2.05, 4.69) is 16.5 Å².